The number of aryl methyl sites for hydroxylation is 2. The summed E-state index contributed by atoms with van der Waals surface area (Å²) in [6.45, 7) is 19.0. The zero-order chi connectivity index (χ0) is 29.2. The van der Waals surface area contributed by atoms with Crippen molar-refractivity contribution in [2.24, 2.45) is 11.1 Å². The van der Waals surface area contributed by atoms with Crippen molar-refractivity contribution >= 4 is 17.8 Å². The summed E-state index contributed by atoms with van der Waals surface area (Å²) in [5.41, 5.74) is 1.57. The lowest BCUT2D eigenvalue weighted by Gasteiger charge is -2.52. The molecular formula is C29H47N7O4. The number of amidine groups is 1. The van der Waals surface area contributed by atoms with Crippen LogP contribution in [0.15, 0.2) is 11.5 Å². The van der Waals surface area contributed by atoms with Crippen molar-refractivity contribution in [2.45, 2.75) is 91.3 Å². The van der Waals surface area contributed by atoms with Crippen LogP contribution in [0.1, 0.15) is 82.0 Å². The molecule has 0 radical (unpaired) electrons. The second-order valence-electron chi connectivity index (χ2n) is 12.9. The number of piperidine rings is 2. The highest BCUT2D eigenvalue weighted by Gasteiger charge is 2.42. The smallest absolute Gasteiger partial charge is 0.410 e. The molecule has 0 spiro atoms. The van der Waals surface area contributed by atoms with Gasteiger partial charge in [-0.3, -0.25) is 9.69 Å². The molecule has 0 aliphatic carbocycles. The molecule has 2 amide bonds. The largest absolute Gasteiger partial charge is 0.444 e. The van der Waals surface area contributed by atoms with E-state index in [1.165, 1.54) is 6.33 Å². The van der Waals surface area contributed by atoms with Gasteiger partial charge in [-0.05, 0) is 74.1 Å². The van der Waals surface area contributed by atoms with Gasteiger partial charge in [-0.25, -0.2) is 14.8 Å². The third-order valence-corrected chi connectivity index (χ3v) is 8.87. The van der Waals surface area contributed by atoms with Gasteiger partial charge in [0.1, 0.15) is 17.8 Å². The van der Waals surface area contributed by atoms with Gasteiger partial charge in [-0.2, -0.15) is 0 Å². The van der Waals surface area contributed by atoms with Crippen LogP contribution in [0.4, 0.5) is 4.79 Å². The average molecular weight is 558 g/mol. The lowest BCUT2D eigenvalue weighted by Crippen LogP contribution is -2.63. The maximum atomic E-state index is 13.3. The lowest BCUT2D eigenvalue weighted by atomic mass is 9.86. The summed E-state index contributed by atoms with van der Waals surface area (Å²) in [5.74, 6) is 0.867. The molecular weight excluding hydrogens is 510 g/mol. The van der Waals surface area contributed by atoms with Gasteiger partial charge in [-0.15, -0.1) is 0 Å². The SMILES string of the molecule is Cc1ncnc(C)c1C(=O)N1CCC(C)(N2CCN(/C(=N/O)C3CCN(C(=O)OC(C)(C)C)CC3)[C@@H](C)C2)CC1. The van der Waals surface area contributed by atoms with E-state index in [-0.39, 0.29) is 29.5 Å². The van der Waals surface area contributed by atoms with Crippen LogP contribution in [0.2, 0.25) is 0 Å². The molecule has 0 unspecified atom stereocenters. The zero-order valence-corrected chi connectivity index (χ0v) is 25.3. The number of carbonyl (C=O) groups excluding carboxylic acids is 2. The van der Waals surface area contributed by atoms with Crippen molar-refractivity contribution < 1.29 is 19.5 Å². The van der Waals surface area contributed by atoms with E-state index in [9.17, 15) is 14.8 Å². The van der Waals surface area contributed by atoms with Gasteiger partial charge in [0.05, 0.1) is 17.0 Å². The molecule has 3 fully saturated rings. The summed E-state index contributed by atoms with van der Waals surface area (Å²) in [6, 6.07) is 0.187. The molecule has 222 valence electrons. The van der Waals surface area contributed by atoms with Crippen molar-refractivity contribution in [3.8, 4) is 0 Å². The average Bonchev–Trinajstić information content (AvgIpc) is 2.89. The maximum Gasteiger partial charge on any atom is 0.410 e. The fraction of sp³-hybridized carbons (Fsp3) is 0.759. The van der Waals surface area contributed by atoms with E-state index in [4.69, 9.17) is 4.74 Å². The molecule has 4 heterocycles. The first kappa shape index (κ1) is 30.0. The molecule has 1 aromatic heterocycles. The molecule has 1 atom stereocenters. The van der Waals surface area contributed by atoms with Gasteiger partial charge in [0, 0.05) is 63.3 Å². The van der Waals surface area contributed by atoms with Gasteiger partial charge < -0.3 is 24.6 Å². The van der Waals surface area contributed by atoms with Crippen molar-refractivity contribution in [3.63, 3.8) is 0 Å². The van der Waals surface area contributed by atoms with E-state index in [0.29, 0.717) is 31.7 Å². The molecule has 1 aromatic rings. The Kier molecular flexibility index (Phi) is 8.92. The summed E-state index contributed by atoms with van der Waals surface area (Å²) in [4.78, 5) is 42.7. The molecule has 0 aromatic carbocycles. The van der Waals surface area contributed by atoms with Crippen LogP contribution in [0.3, 0.4) is 0 Å². The highest BCUT2D eigenvalue weighted by atomic mass is 16.6. The highest BCUT2D eigenvalue weighted by Crippen LogP contribution is 2.33. The number of carbonyl (C=O) groups is 2. The summed E-state index contributed by atoms with van der Waals surface area (Å²) in [6.07, 6.45) is 4.54. The third kappa shape index (κ3) is 6.50. The van der Waals surface area contributed by atoms with Crippen LogP contribution in [0.5, 0.6) is 0 Å². The Morgan fingerprint density at radius 3 is 2.12 bits per heavy atom. The van der Waals surface area contributed by atoms with Crippen molar-refractivity contribution in [1.82, 2.24) is 29.6 Å². The second-order valence-corrected chi connectivity index (χ2v) is 12.9. The molecule has 40 heavy (non-hydrogen) atoms. The van der Waals surface area contributed by atoms with Crippen molar-refractivity contribution in [2.75, 3.05) is 45.8 Å². The molecule has 11 heteroatoms. The number of ether oxygens (including phenoxy) is 1. The number of piperazine rings is 1. The normalized spacial score (nSPS) is 23.3. The number of aromatic nitrogens is 2. The lowest BCUT2D eigenvalue weighted by molar-refractivity contribution is -0.00337. The summed E-state index contributed by atoms with van der Waals surface area (Å²) in [5, 5.41) is 13.8. The van der Waals surface area contributed by atoms with E-state index in [1.54, 1.807) is 4.90 Å². The minimum atomic E-state index is -0.515. The minimum Gasteiger partial charge on any atom is -0.444 e. The number of oxime groups is 1. The first-order chi connectivity index (χ1) is 18.8. The van der Waals surface area contributed by atoms with Gasteiger partial charge in [0.2, 0.25) is 0 Å². The van der Waals surface area contributed by atoms with E-state index >= 15 is 0 Å². The molecule has 0 saturated carbocycles. The van der Waals surface area contributed by atoms with Crippen LogP contribution in [-0.4, -0.2) is 116 Å². The van der Waals surface area contributed by atoms with E-state index in [2.05, 4.69) is 38.8 Å². The van der Waals surface area contributed by atoms with Crippen LogP contribution in [0.25, 0.3) is 0 Å². The van der Waals surface area contributed by atoms with Crippen LogP contribution in [-0.2, 0) is 4.74 Å². The first-order valence-corrected chi connectivity index (χ1v) is 14.6. The molecule has 3 saturated heterocycles. The fourth-order valence-electron chi connectivity index (χ4n) is 6.38. The Labute approximate surface area is 238 Å². The number of rotatable bonds is 3. The van der Waals surface area contributed by atoms with Crippen LogP contribution >= 0.6 is 0 Å². The number of likely N-dealkylation sites (tertiary alicyclic amines) is 2. The summed E-state index contributed by atoms with van der Waals surface area (Å²) in [7, 11) is 0. The van der Waals surface area contributed by atoms with Crippen LogP contribution in [0, 0.1) is 19.8 Å². The predicted octanol–water partition coefficient (Wildman–Crippen LogP) is 3.53. The Hall–Kier alpha value is -2.95. The summed E-state index contributed by atoms with van der Waals surface area (Å²) < 4.78 is 5.53. The van der Waals surface area contributed by atoms with Gasteiger partial charge in [0.25, 0.3) is 5.91 Å². The Morgan fingerprint density at radius 1 is 1.00 bits per heavy atom. The van der Waals surface area contributed by atoms with Gasteiger partial charge in [-0.1, -0.05) is 5.16 Å². The number of hydrogen-bond acceptors (Lipinski definition) is 8. The Bertz CT molecular complexity index is 1080. The van der Waals surface area contributed by atoms with E-state index < -0.39 is 5.60 Å². The third-order valence-electron chi connectivity index (χ3n) is 8.87. The minimum absolute atomic E-state index is 0.00365. The quantitative estimate of drug-likeness (QED) is 0.260. The molecule has 11 nitrogen and oxygen atoms in total. The topological polar surface area (TPSA) is 115 Å². The molecule has 3 aliphatic rings. The monoisotopic (exact) mass is 557 g/mol. The molecule has 4 rings (SSSR count). The zero-order valence-electron chi connectivity index (χ0n) is 25.3. The van der Waals surface area contributed by atoms with Crippen LogP contribution < -0.4 is 0 Å². The maximum absolute atomic E-state index is 13.3. The van der Waals surface area contributed by atoms with Crippen molar-refractivity contribution in [3.05, 3.63) is 23.3 Å². The van der Waals surface area contributed by atoms with E-state index in [1.807, 2.05) is 39.5 Å². The number of nitrogens with zero attached hydrogens (tertiary/aromatic N) is 7. The Morgan fingerprint density at radius 2 is 1.60 bits per heavy atom. The molecule has 3 aliphatic heterocycles. The number of amides is 2. The standard InChI is InChI=1S/C29H47N7O4/c1-20-18-35(29(7)10-14-33(15-11-29)26(37)24-21(2)30-19-31-22(24)3)16-17-36(20)25(32-39)23-8-12-34(13-9-23)27(38)40-28(4,5)6/h19-20,23,39H,8-18H2,1-7H3/b32-25+/t20-/m0/s1. The van der Waals surface area contributed by atoms with Gasteiger partial charge in [0.15, 0.2) is 0 Å². The first-order valence-electron chi connectivity index (χ1n) is 14.6. The molecule has 1 N–H and O–H groups in total. The predicted molar refractivity (Wildman–Crippen MR) is 153 cm³/mol. The van der Waals surface area contributed by atoms with E-state index in [0.717, 1.165) is 62.5 Å². The summed E-state index contributed by atoms with van der Waals surface area (Å²) >= 11 is 0. The van der Waals surface area contributed by atoms with Gasteiger partial charge >= 0.3 is 6.09 Å². The van der Waals surface area contributed by atoms with Crippen molar-refractivity contribution in [1.29, 1.82) is 0 Å². The second kappa shape index (κ2) is 11.9. The molecule has 0 bridgehead atoms. The highest BCUT2D eigenvalue weighted by molar-refractivity contribution is 5.96. The Balaban J connectivity index is 1.31. The fourth-order valence-corrected chi connectivity index (χ4v) is 6.38. The number of hydrogen-bond donors (Lipinski definition) is 1.